The largest absolute Gasteiger partial charge is 0.286 e. The minimum atomic E-state index is -3.97. The summed E-state index contributed by atoms with van der Waals surface area (Å²) in [4.78, 5) is 4.61. The van der Waals surface area contributed by atoms with Gasteiger partial charge in [0.15, 0.2) is 0 Å². The Balaban J connectivity index is 1.67. The highest BCUT2D eigenvalue weighted by molar-refractivity contribution is 7.86. The van der Waals surface area contributed by atoms with E-state index in [0.29, 0.717) is 37.6 Å². The van der Waals surface area contributed by atoms with Gasteiger partial charge in [0.2, 0.25) is 24.3 Å². The molecule has 0 fully saturated rings. The number of aryl methyl sites for hydroxylation is 2. The van der Waals surface area contributed by atoms with E-state index in [9.17, 15) is 16.8 Å². The lowest BCUT2D eigenvalue weighted by Gasteiger charge is -1.98. The quantitative estimate of drug-likeness (QED) is 0.317. The standard InChI is InChI=1S/C17H21N5O6S2/c23-29(24,25)12-2-6-19-8-10-21(14-19)16-4-1-5-17(18-16)22-11-9-20(15-22)7-3-13-30(26,27)28/h1,4-5,8-11,14-15H,2-3,6-7,12-13H2/p+2. The Kier molecular flexibility index (Phi) is 6.65. The van der Waals surface area contributed by atoms with E-state index < -0.39 is 20.2 Å². The smallest absolute Gasteiger partial charge is 0.265 e. The molecular formula is C17H23N5O6S2+2. The first-order chi connectivity index (χ1) is 14.1. The number of pyridine rings is 1. The third-order valence-corrected chi connectivity index (χ3v) is 5.88. The fourth-order valence-electron chi connectivity index (χ4n) is 2.88. The highest BCUT2D eigenvalue weighted by Gasteiger charge is 2.14. The molecule has 0 spiro atoms. The van der Waals surface area contributed by atoms with E-state index in [2.05, 4.69) is 4.98 Å². The van der Waals surface area contributed by atoms with Gasteiger partial charge < -0.3 is 0 Å². The predicted octanol–water partition coefficient (Wildman–Crippen LogP) is -0.206. The van der Waals surface area contributed by atoms with Crippen LogP contribution in [0.1, 0.15) is 12.8 Å². The van der Waals surface area contributed by atoms with Crippen molar-refractivity contribution in [2.45, 2.75) is 25.9 Å². The van der Waals surface area contributed by atoms with Crippen molar-refractivity contribution >= 4 is 20.2 Å². The summed E-state index contributed by atoms with van der Waals surface area (Å²) in [6, 6.07) is 5.51. The van der Waals surface area contributed by atoms with Crippen molar-refractivity contribution in [1.29, 1.82) is 0 Å². The van der Waals surface area contributed by atoms with Crippen LogP contribution >= 0.6 is 0 Å². The second-order valence-electron chi connectivity index (χ2n) is 6.75. The molecule has 0 aliphatic heterocycles. The third-order valence-electron chi connectivity index (χ3n) is 4.27. The SMILES string of the molecule is O=S(=O)(O)CCC[n+]1ccn(-c2cccc(-n3cc[n+](CCCS(=O)(=O)O)c3)n2)c1. The van der Waals surface area contributed by atoms with Crippen molar-refractivity contribution in [3.63, 3.8) is 0 Å². The number of aromatic nitrogens is 5. The molecule has 30 heavy (non-hydrogen) atoms. The maximum absolute atomic E-state index is 10.8. The van der Waals surface area contributed by atoms with Crippen LogP contribution in [-0.2, 0) is 33.3 Å². The predicted molar refractivity (Wildman–Crippen MR) is 105 cm³/mol. The van der Waals surface area contributed by atoms with E-state index in [1.807, 2.05) is 18.2 Å². The average Bonchev–Trinajstić information content (AvgIpc) is 3.29. The number of rotatable bonds is 10. The van der Waals surface area contributed by atoms with Gasteiger partial charge in [-0.15, -0.1) is 0 Å². The number of hydrogen-bond acceptors (Lipinski definition) is 5. The summed E-state index contributed by atoms with van der Waals surface area (Å²) in [6.45, 7) is 0.876. The molecule has 13 heteroatoms. The van der Waals surface area contributed by atoms with Gasteiger partial charge in [0.25, 0.3) is 20.2 Å². The van der Waals surface area contributed by atoms with Gasteiger partial charge in [-0.25, -0.2) is 9.13 Å². The van der Waals surface area contributed by atoms with Gasteiger partial charge in [0.05, 0.1) is 24.6 Å². The van der Waals surface area contributed by atoms with Crippen LogP contribution in [0.4, 0.5) is 0 Å². The highest BCUT2D eigenvalue weighted by atomic mass is 32.2. The molecule has 0 saturated heterocycles. The molecule has 0 bridgehead atoms. The van der Waals surface area contributed by atoms with E-state index in [0.717, 1.165) is 0 Å². The lowest BCUT2D eigenvalue weighted by molar-refractivity contribution is -0.696. The minimum Gasteiger partial charge on any atom is -0.286 e. The van der Waals surface area contributed by atoms with Gasteiger partial charge in [-0.05, 0) is 0 Å². The van der Waals surface area contributed by atoms with Crippen molar-refractivity contribution in [2.75, 3.05) is 11.5 Å². The maximum atomic E-state index is 10.8. The molecule has 0 radical (unpaired) electrons. The van der Waals surface area contributed by atoms with Crippen molar-refractivity contribution in [3.05, 3.63) is 55.6 Å². The summed E-state index contributed by atoms with van der Waals surface area (Å²) < 4.78 is 68.1. The lowest BCUT2D eigenvalue weighted by Crippen LogP contribution is -2.32. The first-order valence-corrected chi connectivity index (χ1v) is 12.3. The number of hydrogen-bond donors (Lipinski definition) is 2. The Morgan fingerprint density at radius 3 is 1.63 bits per heavy atom. The maximum Gasteiger partial charge on any atom is 0.265 e. The molecule has 162 valence electrons. The van der Waals surface area contributed by atoms with Crippen LogP contribution < -0.4 is 9.13 Å². The zero-order chi connectivity index (χ0) is 21.8. The number of nitrogens with zero attached hydrogens (tertiary/aromatic N) is 5. The Labute approximate surface area is 174 Å². The van der Waals surface area contributed by atoms with Crippen molar-refractivity contribution < 1.29 is 35.1 Å². The molecule has 3 aromatic rings. The summed E-state index contributed by atoms with van der Waals surface area (Å²) in [5.41, 5.74) is 0. The first kappa shape index (κ1) is 22.1. The Morgan fingerprint density at radius 2 is 1.23 bits per heavy atom. The van der Waals surface area contributed by atoms with E-state index in [1.54, 1.807) is 55.7 Å². The second-order valence-corrected chi connectivity index (χ2v) is 9.89. The van der Waals surface area contributed by atoms with Crippen LogP contribution in [0, 0.1) is 0 Å². The van der Waals surface area contributed by atoms with Crippen LogP contribution in [-0.4, -0.2) is 51.6 Å². The van der Waals surface area contributed by atoms with Crippen LogP contribution in [0.15, 0.2) is 55.6 Å². The van der Waals surface area contributed by atoms with Gasteiger partial charge in [0.1, 0.15) is 24.8 Å². The Bertz CT molecular complexity index is 1130. The highest BCUT2D eigenvalue weighted by Crippen LogP contribution is 2.08. The molecule has 3 heterocycles. The third kappa shape index (κ3) is 6.73. The molecule has 0 saturated carbocycles. The Hall–Kier alpha value is -2.61. The fraction of sp³-hybridized carbons (Fsp3) is 0.353. The van der Waals surface area contributed by atoms with Crippen LogP contribution in [0.2, 0.25) is 0 Å². The molecule has 3 rings (SSSR count). The summed E-state index contributed by atoms with van der Waals surface area (Å²) in [7, 11) is -7.93. The van der Waals surface area contributed by atoms with Crippen molar-refractivity contribution in [3.8, 4) is 11.6 Å². The van der Waals surface area contributed by atoms with Crippen LogP contribution in [0.3, 0.4) is 0 Å². The van der Waals surface area contributed by atoms with Gasteiger partial charge in [0, 0.05) is 25.0 Å². The minimum absolute atomic E-state index is 0.294. The van der Waals surface area contributed by atoms with Gasteiger partial charge in [-0.2, -0.15) is 31.0 Å². The van der Waals surface area contributed by atoms with Crippen molar-refractivity contribution in [2.24, 2.45) is 0 Å². The topological polar surface area (TPSA) is 139 Å². The lowest BCUT2D eigenvalue weighted by atomic mass is 10.4. The second kappa shape index (κ2) is 9.04. The van der Waals surface area contributed by atoms with Crippen LogP contribution in [0.25, 0.3) is 11.6 Å². The van der Waals surface area contributed by atoms with Crippen molar-refractivity contribution in [1.82, 2.24) is 14.1 Å². The summed E-state index contributed by atoms with van der Waals surface area (Å²) >= 11 is 0. The zero-order valence-electron chi connectivity index (χ0n) is 16.0. The molecule has 2 N–H and O–H groups in total. The average molecular weight is 458 g/mol. The molecule has 0 aromatic carbocycles. The molecule has 0 unspecified atom stereocenters. The monoisotopic (exact) mass is 457 g/mol. The molecule has 3 aromatic heterocycles. The summed E-state index contributed by atoms with van der Waals surface area (Å²) in [5.74, 6) is 0.730. The first-order valence-electron chi connectivity index (χ1n) is 9.11. The van der Waals surface area contributed by atoms with E-state index >= 15 is 0 Å². The molecular weight excluding hydrogens is 434 g/mol. The summed E-state index contributed by atoms with van der Waals surface area (Å²) in [6.07, 6.45) is 11.3. The van der Waals surface area contributed by atoms with E-state index in [4.69, 9.17) is 9.11 Å². The van der Waals surface area contributed by atoms with E-state index in [1.165, 1.54) is 0 Å². The normalized spacial score (nSPS) is 12.3. The molecule has 0 aliphatic carbocycles. The fourth-order valence-corrected chi connectivity index (χ4v) is 3.87. The molecule has 0 amide bonds. The molecule has 0 aliphatic rings. The molecule has 11 nitrogen and oxygen atoms in total. The van der Waals surface area contributed by atoms with Gasteiger partial charge in [-0.3, -0.25) is 9.11 Å². The molecule has 0 atom stereocenters. The number of imidazole rings is 2. The summed E-state index contributed by atoms with van der Waals surface area (Å²) in [5, 5.41) is 0. The van der Waals surface area contributed by atoms with Crippen LogP contribution in [0.5, 0.6) is 0 Å². The van der Waals surface area contributed by atoms with Gasteiger partial charge in [-0.1, -0.05) is 6.07 Å². The zero-order valence-corrected chi connectivity index (χ0v) is 17.7. The Morgan fingerprint density at radius 1 is 0.800 bits per heavy atom. The van der Waals surface area contributed by atoms with E-state index in [-0.39, 0.29) is 11.5 Å². The van der Waals surface area contributed by atoms with Gasteiger partial charge >= 0.3 is 0 Å².